The van der Waals surface area contributed by atoms with Crippen molar-refractivity contribution in [3.05, 3.63) is 48.0 Å². The van der Waals surface area contributed by atoms with Crippen LogP contribution in [0.25, 0.3) is 0 Å². The second-order valence-electron chi connectivity index (χ2n) is 6.24. The summed E-state index contributed by atoms with van der Waals surface area (Å²) in [6.07, 6.45) is 10.0. The number of ether oxygens (including phenoxy) is 1. The van der Waals surface area contributed by atoms with Crippen molar-refractivity contribution in [2.45, 2.75) is 50.9 Å². The van der Waals surface area contributed by atoms with Gasteiger partial charge in [0, 0.05) is 6.08 Å². The highest BCUT2D eigenvalue weighted by Crippen LogP contribution is 2.38. The highest BCUT2D eigenvalue weighted by Gasteiger charge is 2.33. The zero-order valence-electron chi connectivity index (χ0n) is 13.8. The summed E-state index contributed by atoms with van der Waals surface area (Å²) in [5.74, 6) is 0.155. The van der Waals surface area contributed by atoms with Crippen LogP contribution < -0.4 is 0 Å². The van der Waals surface area contributed by atoms with Crippen LogP contribution in [0.1, 0.15) is 51.0 Å². The van der Waals surface area contributed by atoms with Crippen LogP contribution >= 0.6 is 0 Å². The van der Waals surface area contributed by atoms with Gasteiger partial charge in [-0.3, -0.25) is 0 Å². The van der Waals surface area contributed by atoms with Crippen LogP contribution in [0.15, 0.2) is 42.5 Å². The molecule has 1 saturated carbocycles. The molecule has 1 fully saturated rings. The maximum absolute atomic E-state index is 11.7. The average molecular weight is 311 g/mol. The summed E-state index contributed by atoms with van der Waals surface area (Å²) in [5.41, 5.74) is 0.198. The Bertz CT molecular complexity index is 567. The Morgan fingerprint density at radius 1 is 1.30 bits per heavy atom. The molecule has 0 saturated heterocycles. The van der Waals surface area contributed by atoms with Gasteiger partial charge in [0.1, 0.15) is 5.41 Å². The van der Waals surface area contributed by atoms with Crippen molar-refractivity contribution in [3.8, 4) is 6.07 Å². The van der Waals surface area contributed by atoms with Crippen molar-refractivity contribution in [1.82, 2.24) is 0 Å². The zero-order valence-corrected chi connectivity index (χ0v) is 13.8. The molecule has 1 aliphatic rings. The van der Waals surface area contributed by atoms with Crippen molar-refractivity contribution in [3.63, 3.8) is 0 Å². The Balaban J connectivity index is 2.28. The molecule has 0 aromatic heterocycles. The largest absolute Gasteiger partial charge is 0.463 e. The van der Waals surface area contributed by atoms with Gasteiger partial charge in [-0.15, -0.1) is 0 Å². The second kappa shape index (κ2) is 8.53. The second-order valence-corrected chi connectivity index (χ2v) is 6.24. The smallest absolute Gasteiger partial charge is 0.330 e. The van der Waals surface area contributed by atoms with Gasteiger partial charge in [-0.05, 0) is 24.8 Å². The molecule has 0 spiro atoms. The standard InChI is InChI=1S/C20H25NO2/c1-2-23-19(22)13-14-20(16-21,18-11-7-4-8-12-18)15-17-9-5-3-6-10-17/h4,7-8,11-14,17H,2-3,5-6,9-10,15H2,1H3. The molecule has 0 radical (unpaired) electrons. The van der Waals surface area contributed by atoms with E-state index < -0.39 is 5.41 Å². The highest BCUT2D eigenvalue weighted by atomic mass is 16.5. The van der Waals surface area contributed by atoms with Crippen LogP contribution in [0.2, 0.25) is 0 Å². The predicted molar refractivity (Wildman–Crippen MR) is 90.7 cm³/mol. The van der Waals surface area contributed by atoms with Crippen molar-refractivity contribution in [2.24, 2.45) is 5.92 Å². The van der Waals surface area contributed by atoms with Gasteiger partial charge in [-0.1, -0.05) is 68.5 Å². The molecule has 1 aliphatic carbocycles. The lowest BCUT2D eigenvalue weighted by Crippen LogP contribution is -2.26. The number of nitrogens with zero attached hydrogens (tertiary/aromatic N) is 1. The quantitative estimate of drug-likeness (QED) is 0.572. The number of carbonyl (C=O) groups excluding carboxylic acids is 1. The Labute approximate surface area is 139 Å². The molecule has 2 rings (SSSR count). The Morgan fingerprint density at radius 3 is 2.61 bits per heavy atom. The van der Waals surface area contributed by atoms with E-state index in [4.69, 9.17) is 4.74 Å². The van der Waals surface area contributed by atoms with Crippen molar-refractivity contribution < 1.29 is 9.53 Å². The minimum atomic E-state index is -0.754. The summed E-state index contributed by atoms with van der Waals surface area (Å²) in [7, 11) is 0. The van der Waals surface area contributed by atoms with E-state index in [0.717, 1.165) is 12.0 Å². The maximum atomic E-state index is 11.7. The number of esters is 1. The monoisotopic (exact) mass is 311 g/mol. The summed E-state index contributed by atoms with van der Waals surface area (Å²) >= 11 is 0. The lowest BCUT2D eigenvalue weighted by molar-refractivity contribution is -0.137. The SMILES string of the molecule is CCOC(=O)C=CC(C#N)(CC1CCCCC1)c1ccccc1. The fourth-order valence-corrected chi connectivity index (χ4v) is 3.41. The van der Waals surface area contributed by atoms with E-state index in [2.05, 4.69) is 6.07 Å². The molecule has 0 N–H and O–H groups in total. The van der Waals surface area contributed by atoms with E-state index in [1.54, 1.807) is 13.0 Å². The highest BCUT2D eigenvalue weighted by molar-refractivity contribution is 5.82. The van der Waals surface area contributed by atoms with E-state index in [1.165, 1.54) is 38.2 Å². The summed E-state index contributed by atoms with van der Waals surface area (Å²) in [6.45, 7) is 2.12. The van der Waals surface area contributed by atoms with Gasteiger partial charge in [-0.25, -0.2) is 4.79 Å². The summed E-state index contributed by atoms with van der Waals surface area (Å²) in [4.78, 5) is 11.7. The molecule has 0 amide bonds. The summed E-state index contributed by atoms with van der Waals surface area (Å²) < 4.78 is 4.97. The molecule has 0 heterocycles. The molecule has 3 heteroatoms. The first-order chi connectivity index (χ1) is 11.2. The number of rotatable bonds is 6. The predicted octanol–water partition coefficient (Wildman–Crippen LogP) is 4.54. The van der Waals surface area contributed by atoms with Gasteiger partial charge in [0.15, 0.2) is 0 Å². The molecular formula is C20H25NO2. The van der Waals surface area contributed by atoms with Gasteiger partial charge in [0.05, 0.1) is 12.7 Å². The molecule has 122 valence electrons. The molecule has 1 unspecified atom stereocenters. The summed E-state index contributed by atoms with van der Waals surface area (Å²) in [6, 6.07) is 12.3. The van der Waals surface area contributed by atoms with Gasteiger partial charge in [0.2, 0.25) is 0 Å². The number of hydrogen-bond donors (Lipinski definition) is 0. The third kappa shape index (κ3) is 4.69. The average Bonchev–Trinajstić information content (AvgIpc) is 2.60. The van der Waals surface area contributed by atoms with Crippen LogP contribution in [0, 0.1) is 17.2 Å². The van der Waals surface area contributed by atoms with Crippen LogP contribution in [0.3, 0.4) is 0 Å². The number of carbonyl (C=O) groups is 1. The lowest BCUT2D eigenvalue weighted by atomic mass is 9.71. The molecule has 23 heavy (non-hydrogen) atoms. The van der Waals surface area contributed by atoms with Crippen LogP contribution in [-0.2, 0) is 14.9 Å². The minimum Gasteiger partial charge on any atom is -0.463 e. The maximum Gasteiger partial charge on any atom is 0.330 e. The Hall–Kier alpha value is -2.08. The van der Waals surface area contributed by atoms with Crippen LogP contribution in [0.4, 0.5) is 0 Å². The van der Waals surface area contributed by atoms with E-state index in [9.17, 15) is 10.1 Å². The molecule has 3 nitrogen and oxygen atoms in total. The number of benzene rings is 1. The summed E-state index contributed by atoms with van der Waals surface area (Å²) in [5, 5.41) is 9.95. The van der Waals surface area contributed by atoms with Gasteiger partial charge < -0.3 is 4.74 Å². The zero-order chi connectivity index (χ0) is 16.5. The van der Waals surface area contributed by atoms with Crippen molar-refractivity contribution in [2.75, 3.05) is 6.61 Å². The molecule has 1 aromatic rings. The molecule has 1 atom stereocenters. The van der Waals surface area contributed by atoms with Gasteiger partial charge in [-0.2, -0.15) is 5.26 Å². The molecule has 1 aromatic carbocycles. The fraction of sp³-hybridized carbons (Fsp3) is 0.500. The number of allylic oxidation sites excluding steroid dienone is 1. The Morgan fingerprint density at radius 2 is 2.00 bits per heavy atom. The van der Waals surface area contributed by atoms with Crippen molar-refractivity contribution in [1.29, 1.82) is 5.26 Å². The first kappa shape index (κ1) is 17.3. The normalized spacial score (nSPS) is 18.3. The number of nitriles is 1. The molecular weight excluding hydrogens is 286 g/mol. The molecule has 0 aliphatic heterocycles. The van der Waals surface area contributed by atoms with Gasteiger partial charge in [0.25, 0.3) is 0 Å². The Kier molecular flexibility index (Phi) is 6.40. The van der Waals surface area contributed by atoms with E-state index >= 15 is 0 Å². The topological polar surface area (TPSA) is 50.1 Å². The molecule has 0 bridgehead atoms. The van der Waals surface area contributed by atoms with Crippen LogP contribution in [-0.4, -0.2) is 12.6 Å². The lowest BCUT2D eigenvalue weighted by Gasteiger charge is -2.31. The third-order valence-electron chi connectivity index (χ3n) is 4.61. The van der Waals surface area contributed by atoms with Gasteiger partial charge >= 0.3 is 5.97 Å². The first-order valence-electron chi connectivity index (χ1n) is 8.53. The first-order valence-corrected chi connectivity index (χ1v) is 8.53. The van der Waals surface area contributed by atoms with Crippen LogP contribution in [0.5, 0.6) is 0 Å². The third-order valence-corrected chi connectivity index (χ3v) is 4.61. The van der Waals surface area contributed by atoms with E-state index in [1.807, 2.05) is 30.3 Å². The van der Waals surface area contributed by atoms with E-state index in [-0.39, 0.29) is 5.97 Å². The minimum absolute atomic E-state index is 0.344. The van der Waals surface area contributed by atoms with E-state index in [0.29, 0.717) is 12.5 Å². The van der Waals surface area contributed by atoms with Crippen molar-refractivity contribution >= 4 is 5.97 Å². The fourth-order valence-electron chi connectivity index (χ4n) is 3.41. The number of hydrogen-bond acceptors (Lipinski definition) is 3.